The molecule has 5 atom stereocenters. The van der Waals surface area contributed by atoms with Crippen molar-refractivity contribution in [1.82, 2.24) is 4.90 Å². The van der Waals surface area contributed by atoms with Gasteiger partial charge in [-0.2, -0.15) is 0 Å². The largest absolute Gasteiger partial charge is 0.300 e. The Morgan fingerprint density at radius 1 is 1.07 bits per heavy atom. The third-order valence-corrected chi connectivity index (χ3v) is 7.92. The summed E-state index contributed by atoms with van der Waals surface area (Å²) in [7, 11) is 0. The molecule has 2 nitrogen and oxygen atoms in total. The average Bonchev–Trinajstić information content (AvgIpc) is 2.70. The van der Waals surface area contributed by atoms with Gasteiger partial charge in [0, 0.05) is 30.0 Å². The topological polar surface area (TPSA) is 20.3 Å². The third kappa shape index (κ3) is 2.46. The summed E-state index contributed by atoms with van der Waals surface area (Å²) in [6.07, 6.45) is 4.54. The Balaban J connectivity index is 1.60. The van der Waals surface area contributed by atoms with Crippen molar-refractivity contribution >= 4 is 5.78 Å². The number of Topliss-reactive ketones (excluding diaryl/α,β-unsaturated/α-hetero) is 1. The van der Waals surface area contributed by atoms with Gasteiger partial charge < -0.3 is 0 Å². The zero-order valence-corrected chi connectivity index (χ0v) is 16.4. The van der Waals surface area contributed by atoms with E-state index in [0.717, 1.165) is 25.8 Å². The Bertz CT molecular complexity index is 860. The molecule has 4 bridgehead atoms. The number of rotatable bonds is 4. The molecule has 2 heteroatoms. The fourth-order valence-electron chi connectivity index (χ4n) is 6.72. The van der Waals surface area contributed by atoms with Crippen molar-refractivity contribution in [2.45, 2.75) is 63.6 Å². The van der Waals surface area contributed by atoms with Gasteiger partial charge in [-0.1, -0.05) is 61.5 Å². The van der Waals surface area contributed by atoms with E-state index in [-0.39, 0.29) is 11.3 Å². The van der Waals surface area contributed by atoms with E-state index in [9.17, 15) is 4.79 Å². The molecule has 4 unspecified atom stereocenters. The van der Waals surface area contributed by atoms with Crippen molar-refractivity contribution in [3.8, 4) is 0 Å². The maximum atomic E-state index is 12.5. The van der Waals surface area contributed by atoms with Crippen LogP contribution in [0.25, 0.3) is 0 Å². The van der Waals surface area contributed by atoms with Crippen LogP contribution in [0.1, 0.15) is 49.8 Å². The monoisotopic (exact) mass is 359 g/mol. The lowest BCUT2D eigenvalue weighted by Crippen LogP contribution is -2.69. The van der Waals surface area contributed by atoms with Gasteiger partial charge in [0.2, 0.25) is 0 Å². The van der Waals surface area contributed by atoms with E-state index >= 15 is 0 Å². The van der Waals surface area contributed by atoms with E-state index in [4.69, 9.17) is 0 Å². The smallest absolute Gasteiger partial charge is 0.134 e. The quantitative estimate of drug-likeness (QED) is 0.784. The van der Waals surface area contributed by atoms with Gasteiger partial charge in [-0.3, -0.25) is 9.69 Å². The molecule has 140 valence electrons. The number of benzene rings is 2. The van der Waals surface area contributed by atoms with Gasteiger partial charge in [-0.15, -0.1) is 0 Å². The predicted molar refractivity (Wildman–Crippen MR) is 109 cm³/mol. The highest BCUT2D eigenvalue weighted by atomic mass is 16.1. The van der Waals surface area contributed by atoms with Crippen LogP contribution in [0.15, 0.2) is 54.6 Å². The van der Waals surface area contributed by atoms with E-state index < -0.39 is 0 Å². The minimum atomic E-state index is 0.208. The normalized spacial score (nSPS) is 34.3. The Hall–Kier alpha value is -1.93. The van der Waals surface area contributed by atoms with Crippen LogP contribution >= 0.6 is 0 Å². The van der Waals surface area contributed by atoms with Gasteiger partial charge in [-0.05, 0) is 55.2 Å². The number of ketones is 1. The number of hydrogen-bond acceptors (Lipinski definition) is 2. The summed E-state index contributed by atoms with van der Waals surface area (Å²) in [4.78, 5) is 15.2. The van der Waals surface area contributed by atoms with Crippen molar-refractivity contribution in [3.63, 3.8) is 0 Å². The summed E-state index contributed by atoms with van der Waals surface area (Å²) in [5.41, 5.74) is 4.76. The van der Waals surface area contributed by atoms with E-state index in [0.29, 0.717) is 23.8 Å². The fraction of sp³-hybridized carbons (Fsp3) is 0.480. The first kappa shape index (κ1) is 17.2. The van der Waals surface area contributed by atoms with Gasteiger partial charge >= 0.3 is 0 Å². The van der Waals surface area contributed by atoms with Crippen molar-refractivity contribution in [1.29, 1.82) is 0 Å². The number of carbonyl (C=O) groups is 1. The second-order valence-electron chi connectivity index (χ2n) is 8.93. The molecule has 2 heterocycles. The maximum Gasteiger partial charge on any atom is 0.134 e. The summed E-state index contributed by atoms with van der Waals surface area (Å²) < 4.78 is 0. The molecule has 27 heavy (non-hydrogen) atoms. The predicted octanol–water partition coefficient (Wildman–Crippen LogP) is 4.76. The number of fused-ring (bicyclic) bond motifs is 2. The Morgan fingerprint density at radius 3 is 2.56 bits per heavy atom. The molecule has 0 amide bonds. The number of carbonyl (C=O) groups excluding carboxylic acids is 1. The molecular weight excluding hydrogens is 330 g/mol. The van der Waals surface area contributed by atoms with E-state index in [1.807, 2.05) is 6.92 Å². The molecule has 2 aromatic rings. The van der Waals surface area contributed by atoms with Gasteiger partial charge in [0.1, 0.15) is 5.78 Å². The van der Waals surface area contributed by atoms with Crippen LogP contribution in [-0.2, 0) is 23.2 Å². The number of nitrogens with zero attached hydrogens (tertiary/aromatic N) is 1. The highest BCUT2D eigenvalue weighted by molar-refractivity contribution is 5.79. The average molecular weight is 360 g/mol. The lowest BCUT2D eigenvalue weighted by molar-refractivity contribution is -0.144. The van der Waals surface area contributed by atoms with Crippen LogP contribution in [0.2, 0.25) is 0 Å². The molecule has 4 aliphatic rings. The second kappa shape index (κ2) is 6.31. The zero-order valence-electron chi connectivity index (χ0n) is 16.4. The molecule has 6 rings (SSSR count). The van der Waals surface area contributed by atoms with Gasteiger partial charge in [0.15, 0.2) is 0 Å². The summed E-state index contributed by atoms with van der Waals surface area (Å²) in [6.45, 7) is 5.15. The minimum Gasteiger partial charge on any atom is -0.300 e. The lowest BCUT2D eigenvalue weighted by atomic mass is 9.48. The summed E-state index contributed by atoms with van der Waals surface area (Å²) in [6, 6.07) is 20.9. The molecule has 0 spiro atoms. The van der Waals surface area contributed by atoms with Gasteiger partial charge in [-0.25, -0.2) is 0 Å². The number of piperidine rings is 2. The zero-order chi connectivity index (χ0) is 18.6. The SMILES string of the molecule is CC[C@]12CC3C(C(C)=O)CC1C(Cc1ccccc12)N3Cc1ccccc1. The highest BCUT2D eigenvalue weighted by Gasteiger charge is 2.61. The van der Waals surface area contributed by atoms with E-state index in [2.05, 4.69) is 66.4 Å². The molecule has 2 aliphatic carbocycles. The van der Waals surface area contributed by atoms with Crippen LogP contribution in [0.3, 0.4) is 0 Å². The van der Waals surface area contributed by atoms with Crippen LogP contribution in [0, 0.1) is 11.8 Å². The van der Waals surface area contributed by atoms with Crippen molar-refractivity contribution in [3.05, 3.63) is 71.3 Å². The number of hydrogen-bond donors (Lipinski definition) is 0. The first-order valence-corrected chi connectivity index (χ1v) is 10.5. The van der Waals surface area contributed by atoms with E-state index in [1.165, 1.54) is 12.0 Å². The first-order chi connectivity index (χ1) is 13.1. The van der Waals surface area contributed by atoms with Crippen LogP contribution in [0.4, 0.5) is 0 Å². The standard InChI is InChI=1S/C25H29NO/c1-3-25-15-24-20(17(2)27)14-22(25)23(13-19-11-7-8-12-21(19)25)26(24)16-18-9-5-4-6-10-18/h4-12,20,22-24H,3,13-16H2,1-2H3/t20?,22?,23?,24?,25-/m1/s1. The second-order valence-corrected chi connectivity index (χ2v) is 8.93. The Morgan fingerprint density at radius 2 is 1.81 bits per heavy atom. The van der Waals surface area contributed by atoms with Gasteiger partial charge in [0.05, 0.1) is 0 Å². The lowest BCUT2D eigenvalue weighted by Gasteiger charge is -2.65. The van der Waals surface area contributed by atoms with Crippen LogP contribution in [-0.4, -0.2) is 22.8 Å². The molecule has 2 saturated heterocycles. The molecule has 2 aliphatic heterocycles. The molecule has 0 aromatic heterocycles. The fourth-order valence-corrected chi connectivity index (χ4v) is 6.72. The molecule has 0 radical (unpaired) electrons. The van der Waals surface area contributed by atoms with E-state index in [1.54, 1.807) is 11.1 Å². The summed E-state index contributed by atoms with van der Waals surface area (Å²) in [5, 5.41) is 0. The third-order valence-electron chi connectivity index (χ3n) is 7.92. The molecule has 0 N–H and O–H groups in total. The Kier molecular flexibility index (Phi) is 4.01. The molecular formula is C25H29NO. The molecule has 2 aromatic carbocycles. The van der Waals surface area contributed by atoms with Crippen LogP contribution < -0.4 is 0 Å². The van der Waals surface area contributed by atoms with Crippen molar-refractivity contribution in [2.75, 3.05) is 0 Å². The van der Waals surface area contributed by atoms with Crippen molar-refractivity contribution in [2.24, 2.45) is 11.8 Å². The van der Waals surface area contributed by atoms with Gasteiger partial charge in [0.25, 0.3) is 0 Å². The summed E-state index contributed by atoms with van der Waals surface area (Å²) >= 11 is 0. The Labute approximate surface area is 162 Å². The van der Waals surface area contributed by atoms with Crippen LogP contribution in [0.5, 0.6) is 0 Å². The maximum absolute atomic E-state index is 12.5. The van der Waals surface area contributed by atoms with Crippen molar-refractivity contribution < 1.29 is 4.79 Å². The first-order valence-electron chi connectivity index (χ1n) is 10.5. The summed E-state index contributed by atoms with van der Waals surface area (Å²) in [5.74, 6) is 1.19. The molecule has 3 fully saturated rings. The minimum absolute atomic E-state index is 0.208. The molecule has 1 saturated carbocycles. The highest BCUT2D eigenvalue weighted by Crippen LogP contribution is 2.60.